The molecule has 0 bridgehead atoms. The van der Waals surface area contributed by atoms with E-state index in [-0.39, 0.29) is 5.69 Å². The zero-order chi connectivity index (χ0) is 14.9. The summed E-state index contributed by atoms with van der Waals surface area (Å²) in [5, 5.41) is 0. The minimum Gasteiger partial charge on any atom is -0.279 e. The van der Waals surface area contributed by atoms with Gasteiger partial charge in [0.25, 0.3) is 10.0 Å². The second-order valence-electron chi connectivity index (χ2n) is 4.14. The van der Waals surface area contributed by atoms with Gasteiger partial charge in [-0.25, -0.2) is 21.6 Å². The summed E-state index contributed by atoms with van der Waals surface area (Å²) in [4.78, 5) is -0.417. The third-order valence-electron chi connectivity index (χ3n) is 2.63. The summed E-state index contributed by atoms with van der Waals surface area (Å²) in [7, 11) is -4.07. The number of sulfonamides is 1. The van der Waals surface area contributed by atoms with E-state index in [9.17, 15) is 21.6 Å². The first-order valence-corrected chi connectivity index (χ1v) is 7.02. The third kappa shape index (κ3) is 2.93. The molecule has 0 atom stereocenters. The summed E-state index contributed by atoms with van der Waals surface area (Å²) in [5.41, 5.74) is 0.535. The maximum Gasteiger partial charge on any atom is 0.262 e. The minimum atomic E-state index is -4.07. The van der Waals surface area contributed by atoms with Crippen molar-refractivity contribution >= 4 is 15.7 Å². The van der Waals surface area contributed by atoms with E-state index >= 15 is 0 Å². The van der Waals surface area contributed by atoms with Crippen LogP contribution in [-0.2, 0) is 10.0 Å². The Balaban J connectivity index is 2.38. The molecule has 7 heteroatoms. The fourth-order valence-electron chi connectivity index (χ4n) is 1.59. The summed E-state index contributed by atoms with van der Waals surface area (Å²) in [6.07, 6.45) is 0. The second kappa shape index (κ2) is 5.16. The fourth-order valence-corrected chi connectivity index (χ4v) is 2.73. The maximum absolute atomic E-state index is 13.1. The van der Waals surface area contributed by atoms with E-state index in [1.807, 2.05) is 0 Å². The van der Waals surface area contributed by atoms with Crippen LogP contribution < -0.4 is 4.72 Å². The summed E-state index contributed by atoms with van der Waals surface area (Å²) < 4.78 is 65.0. The number of aryl methyl sites for hydroxylation is 1. The number of benzene rings is 2. The first-order chi connectivity index (χ1) is 9.29. The largest absolute Gasteiger partial charge is 0.279 e. The van der Waals surface area contributed by atoms with Gasteiger partial charge >= 0.3 is 0 Å². The Bertz CT molecular complexity index is 760. The molecule has 0 heterocycles. The first kappa shape index (κ1) is 14.4. The van der Waals surface area contributed by atoms with Gasteiger partial charge in [0.2, 0.25) is 0 Å². The zero-order valence-corrected chi connectivity index (χ0v) is 11.1. The molecule has 20 heavy (non-hydrogen) atoms. The van der Waals surface area contributed by atoms with E-state index in [1.165, 1.54) is 13.0 Å². The molecule has 1 N–H and O–H groups in total. The van der Waals surface area contributed by atoms with Crippen LogP contribution in [0.15, 0.2) is 41.3 Å². The zero-order valence-electron chi connectivity index (χ0n) is 10.3. The number of hydrogen-bond acceptors (Lipinski definition) is 2. The van der Waals surface area contributed by atoms with Crippen LogP contribution >= 0.6 is 0 Å². The Morgan fingerprint density at radius 2 is 1.65 bits per heavy atom. The molecule has 0 aromatic heterocycles. The van der Waals surface area contributed by atoms with Crippen LogP contribution in [0.3, 0.4) is 0 Å². The van der Waals surface area contributed by atoms with Gasteiger partial charge in [-0.3, -0.25) is 4.72 Å². The summed E-state index contributed by atoms with van der Waals surface area (Å²) >= 11 is 0. The summed E-state index contributed by atoms with van der Waals surface area (Å²) in [6.45, 7) is 1.52. The number of rotatable bonds is 3. The van der Waals surface area contributed by atoms with Crippen molar-refractivity contribution in [3.05, 3.63) is 59.4 Å². The Hall–Kier alpha value is -2.02. The molecule has 2 aromatic carbocycles. The van der Waals surface area contributed by atoms with Gasteiger partial charge in [0, 0.05) is 0 Å². The van der Waals surface area contributed by atoms with Crippen molar-refractivity contribution in [3.63, 3.8) is 0 Å². The highest BCUT2D eigenvalue weighted by molar-refractivity contribution is 7.92. The van der Waals surface area contributed by atoms with Gasteiger partial charge in [-0.05, 0) is 48.9 Å². The molecule has 0 unspecified atom stereocenters. The van der Waals surface area contributed by atoms with Crippen molar-refractivity contribution in [1.82, 2.24) is 0 Å². The molecule has 0 fully saturated rings. The molecule has 2 aromatic rings. The van der Waals surface area contributed by atoms with Crippen LogP contribution in [0.5, 0.6) is 0 Å². The average Bonchev–Trinajstić information content (AvgIpc) is 2.36. The average molecular weight is 301 g/mol. The van der Waals surface area contributed by atoms with Crippen molar-refractivity contribution < 1.29 is 21.6 Å². The van der Waals surface area contributed by atoms with Crippen molar-refractivity contribution in [2.75, 3.05) is 4.72 Å². The lowest BCUT2D eigenvalue weighted by atomic mass is 10.2. The van der Waals surface area contributed by atoms with E-state index in [2.05, 4.69) is 4.72 Å². The molecule has 3 nitrogen and oxygen atoms in total. The van der Waals surface area contributed by atoms with Gasteiger partial charge in [-0.2, -0.15) is 0 Å². The Kier molecular flexibility index (Phi) is 3.71. The molecule has 0 amide bonds. The molecule has 0 aliphatic heterocycles. The van der Waals surface area contributed by atoms with Crippen molar-refractivity contribution in [1.29, 1.82) is 0 Å². The van der Waals surface area contributed by atoms with Crippen LogP contribution in [0.1, 0.15) is 5.56 Å². The van der Waals surface area contributed by atoms with Gasteiger partial charge in [-0.15, -0.1) is 0 Å². The van der Waals surface area contributed by atoms with E-state index in [4.69, 9.17) is 0 Å². The maximum atomic E-state index is 13.1. The molecular formula is C13H10F3NO2S. The second-order valence-corrected chi connectivity index (χ2v) is 5.82. The van der Waals surface area contributed by atoms with Gasteiger partial charge < -0.3 is 0 Å². The number of nitrogens with one attached hydrogen (secondary N) is 1. The van der Waals surface area contributed by atoms with E-state index < -0.39 is 32.4 Å². The van der Waals surface area contributed by atoms with E-state index in [1.54, 1.807) is 0 Å². The smallest absolute Gasteiger partial charge is 0.262 e. The highest BCUT2D eigenvalue weighted by Gasteiger charge is 2.17. The highest BCUT2D eigenvalue weighted by atomic mass is 32.2. The lowest BCUT2D eigenvalue weighted by Crippen LogP contribution is -2.14. The standard InChI is InChI=1S/C13H10F3NO2S/c1-8-6-9(14)2-5-13(8)17-20(18,19)10-3-4-11(15)12(16)7-10/h2-7,17H,1H3. The van der Waals surface area contributed by atoms with Gasteiger partial charge in [0.05, 0.1) is 10.6 Å². The minimum absolute atomic E-state index is 0.163. The third-order valence-corrected chi connectivity index (χ3v) is 4.00. The van der Waals surface area contributed by atoms with Crippen LogP contribution in [0.2, 0.25) is 0 Å². The topological polar surface area (TPSA) is 46.2 Å². The first-order valence-electron chi connectivity index (χ1n) is 5.53. The Labute approximate surface area is 114 Å². The summed E-state index contributed by atoms with van der Waals surface area (Å²) in [5.74, 6) is -2.90. The molecular weight excluding hydrogens is 291 g/mol. The summed E-state index contributed by atoms with van der Waals surface area (Å²) in [6, 6.07) is 5.75. The van der Waals surface area contributed by atoms with Crippen LogP contribution in [0.25, 0.3) is 0 Å². The molecule has 0 aliphatic rings. The Morgan fingerprint density at radius 1 is 0.950 bits per heavy atom. The normalized spacial score (nSPS) is 11.4. The molecule has 2 rings (SSSR count). The molecule has 0 saturated carbocycles. The quantitative estimate of drug-likeness (QED) is 0.946. The van der Waals surface area contributed by atoms with E-state index in [0.29, 0.717) is 11.6 Å². The molecule has 0 aliphatic carbocycles. The number of anilines is 1. The highest BCUT2D eigenvalue weighted by Crippen LogP contribution is 2.21. The van der Waals surface area contributed by atoms with Crippen LogP contribution in [0, 0.1) is 24.4 Å². The number of halogens is 3. The van der Waals surface area contributed by atoms with Crippen LogP contribution in [-0.4, -0.2) is 8.42 Å². The monoisotopic (exact) mass is 301 g/mol. The molecule has 0 radical (unpaired) electrons. The van der Waals surface area contributed by atoms with E-state index in [0.717, 1.165) is 24.3 Å². The fraction of sp³-hybridized carbons (Fsp3) is 0.0769. The van der Waals surface area contributed by atoms with Crippen molar-refractivity contribution in [2.24, 2.45) is 0 Å². The Morgan fingerprint density at radius 3 is 2.25 bits per heavy atom. The number of hydrogen-bond donors (Lipinski definition) is 1. The van der Waals surface area contributed by atoms with Gasteiger partial charge in [-0.1, -0.05) is 0 Å². The van der Waals surface area contributed by atoms with Crippen LogP contribution in [0.4, 0.5) is 18.9 Å². The molecule has 0 saturated heterocycles. The van der Waals surface area contributed by atoms with Gasteiger partial charge in [0.15, 0.2) is 11.6 Å². The van der Waals surface area contributed by atoms with Gasteiger partial charge in [0.1, 0.15) is 5.82 Å². The SMILES string of the molecule is Cc1cc(F)ccc1NS(=O)(=O)c1ccc(F)c(F)c1. The van der Waals surface area contributed by atoms with Crippen molar-refractivity contribution in [2.45, 2.75) is 11.8 Å². The lowest BCUT2D eigenvalue weighted by Gasteiger charge is -2.10. The predicted molar refractivity (Wildman–Crippen MR) is 68.3 cm³/mol. The van der Waals surface area contributed by atoms with Crippen molar-refractivity contribution in [3.8, 4) is 0 Å². The predicted octanol–water partition coefficient (Wildman–Crippen LogP) is 3.21. The molecule has 106 valence electrons. The molecule has 0 spiro atoms. The lowest BCUT2D eigenvalue weighted by molar-refractivity contribution is 0.504.